The van der Waals surface area contributed by atoms with E-state index in [0.717, 1.165) is 0 Å². The number of hydrogen-bond acceptors (Lipinski definition) is 2. The highest BCUT2D eigenvalue weighted by Gasteiger charge is 2.25. The van der Waals surface area contributed by atoms with E-state index in [9.17, 15) is 0 Å². The van der Waals surface area contributed by atoms with Crippen molar-refractivity contribution in [1.29, 1.82) is 0 Å². The first kappa shape index (κ1) is 23.7. The van der Waals surface area contributed by atoms with Gasteiger partial charge >= 0.3 is 0 Å². The molecule has 3 heteroatoms. The van der Waals surface area contributed by atoms with Gasteiger partial charge < -0.3 is 9.88 Å². The van der Waals surface area contributed by atoms with Crippen LogP contribution in [0, 0.1) is 0 Å². The Labute approximate surface area is 248 Å². The molecule has 1 aromatic heterocycles. The Hall–Kier alpha value is -4.99. The smallest absolute Gasteiger partial charge is 0.103 e. The number of rotatable bonds is 3. The molecule has 2 nitrogen and oxygen atoms in total. The number of nitrogens with zero attached hydrogens (tertiary/aromatic N) is 1. The molecule has 0 radical (unpaired) electrons. The van der Waals surface area contributed by atoms with E-state index in [2.05, 4.69) is 155 Å². The second-order valence-electron chi connectivity index (χ2n) is 11.0. The van der Waals surface area contributed by atoms with Crippen molar-refractivity contribution in [2.24, 2.45) is 0 Å². The van der Waals surface area contributed by atoms with Crippen LogP contribution in [-0.2, 0) is 0 Å². The summed E-state index contributed by atoms with van der Waals surface area (Å²) in [5, 5.41) is 11.7. The zero-order chi connectivity index (χ0) is 27.6. The SMILES string of the molecule is c1ccc(C2Nc3ccc4ccc5cc(-c6ccc7c(c6)c6ccccc6n7-c6ccccc6)ccc5c4c3S2)cc1. The van der Waals surface area contributed by atoms with Gasteiger partial charge in [-0.3, -0.25) is 0 Å². The largest absolute Gasteiger partial charge is 0.368 e. The van der Waals surface area contributed by atoms with E-state index in [1.54, 1.807) is 0 Å². The topological polar surface area (TPSA) is 17.0 Å². The van der Waals surface area contributed by atoms with Gasteiger partial charge in [0.1, 0.15) is 5.37 Å². The molecule has 7 aromatic carbocycles. The molecule has 1 unspecified atom stereocenters. The molecule has 0 aliphatic carbocycles. The fraction of sp³-hybridized carbons (Fsp3) is 0.0256. The van der Waals surface area contributed by atoms with Crippen molar-refractivity contribution in [2.75, 3.05) is 5.32 Å². The highest BCUT2D eigenvalue weighted by molar-refractivity contribution is 8.00. The third kappa shape index (κ3) is 3.60. The van der Waals surface area contributed by atoms with Crippen LogP contribution in [0.1, 0.15) is 10.9 Å². The molecule has 1 atom stereocenters. The zero-order valence-corrected chi connectivity index (χ0v) is 23.6. The lowest BCUT2D eigenvalue weighted by Gasteiger charge is -2.11. The van der Waals surface area contributed by atoms with Crippen LogP contribution in [0.5, 0.6) is 0 Å². The Morgan fingerprint density at radius 2 is 1.21 bits per heavy atom. The number of hydrogen-bond donors (Lipinski definition) is 1. The Balaban J connectivity index is 1.18. The molecule has 198 valence electrons. The van der Waals surface area contributed by atoms with Crippen molar-refractivity contribution in [3.05, 3.63) is 151 Å². The summed E-state index contributed by atoms with van der Waals surface area (Å²) in [5.41, 5.74) is 8.64. The number of fused-ring (bicyclic) bond motifs is 8. The zero-order valence-electron chi connectivity index (χ0n) is 22.8. The normalized spacial score (nSPS) is 14.5. The molecule has 9 rings (SSSR count). The Kier molecular flexibility index (Phi) is 5.23. The van der Waals surface area contributed by atoms with Gasteiger partial charge in [0.25, 0.3) is 0 Å². The van der Waals surface area contributed by atoms with Gasteiger partial charge in [-0.25, -0.2) is 0 Å². The van der Waals surface area contributed by atoms with Crippen molar-refractivity contribution in [3.63, 3.8) is 0 Å². The van der Waals surface area contributed by atoms with E-state index < -0.39 is 0 Å². The first-order valence-corrected chi connectivity index (χ1v) is 15.3. The van der Waals surface area contributed by atoms with Crippen LogP contribution in [-0.4, -0.2) is 4.57 Å². The fourth-order valence-electron chi connectivity index (χ4n) is 6.61. The maximum atomic E-state index is 3.75. The lowest BCUT2D eigenvalue weighted by molar-refractivity contribution is 1.14. The molecule has 0 saturated heterocycles. The molecule has 1 aliphatic rings. The molecule has 8 aromatic rings. The molecular weight excluding hydrogens is 529 g/mol. The minimum Gasteiger partial charge on any atom is -0.368 e. The molecule has 0 amide bonds. The molecule has 0 spiro atoms. The van der Waals surface area contributed by atoms with Crippen molar-refractivity contribution in [1.82, 2.24) is 4.57 Å². The first-order valence-electron chi connectivity index (χ1n) is 14.4. The molecular formula is C39H26N2S. The lowest BCUT2D eigenvalue weighted by atomic mass is 9.96. The monoisotopic (exact) mass is 554 g/mol. The molecule has 2 heterocycles. The van der Waals surface area contributed by atoms with Gasteiger partial charge in [0.05, 0.1) is 11.0 Å². The Morgan fingerprint density at radius 3 is 2.10 bits per heavy atom. The lowest BCUT2D eigenvalue weighted by Crippen LogP contribution is -2.00. The molecule has 1 aliphatic heterocycles. The van der Waals surface area contributed by atoms with Crippen molar-refractivity contribution in [3.8, 4) is 16.8 Å². The van der Waals surface area contributed by atoms with Gasteiger partial charge in [-0.1, -0.05) is 115 Å². The van der Waals surface area contributed by atoms with Crippen molar-refractivity contribution >= 4 is 60.8 Å². The third-order valence-corrected chi connectivity index (χ3v) is 9.88. The summed E-state index contributed by atoms with van der Waals surface area (Å²) in [4.78, 5) is 1.34. The fourth-order valence-corrected chi connectivity index (χ4v) is 7.93. The average molecular weight is 555 g/mol. The number of para-hydroxylation sites is 2. The number of anilines is 1. The second kappa shape index (κ2) is 9.27. The number of thioether (sulfide) groups is 1. The van der Waals surface area contributed by atoms with Crippen molar-refractivity contribution < 1.29 is 0 Å². The van der Waals surface area contributed by atoms with Gasteiger partial charge in [0, 0.05) is 32.4 Å². The van der Waals surface area contributed by atoms with Gasteiger partial charge in [-0.15, -0.1) is 0 Å². The molecule has 42 heavy (non-hydrogen) atoms. The van der Waals surface area contributed by atoms with Gasteiger partial charge in [-0.05, 0) is 75.3 Å². The third-order valence-electron chi connectivity index (χ3n) is 8.60. The summed E-state index contributed by atoms with van der Waals surface area (Å²) in [5.74, 6) is 0. The van der Waals surface area contributed by atoms with E-state index in [1.165, 1.54) is 76.3 Å². The van der Waals surface area contributed by atoms with Crippen LogP contribution in [0.2, 0.25) is 0 Å². The molecule has 0 fully saturated rings. The maximum absolute atomic E-state index is 3.75. The van der Waals surface area contributed by atoms with Crippen LogP contribution in [0.4, 0.5) is 5.69 Å². The van der Waals surface area contributed by atoms with Crippen LogP contribution >= 0.6 is 11.8 Å². The van der Waals surface area contributed by atoms with Gasteiger partial charge in [0.2, 0.25) is 0 Å². The summed E-state index contributed by atoms with van der Waals surface area (Å²) >= 11 is 1.92. The number of nitrogens with one attached hydrogen (secondary N) is 1. The first-order chi connectivity index (χ1) is 20.8. The summed E-state index contributed by atoms with van der Waals surface area (Å²) in [7, 11) is 0. The Morgan fingerprint density at radius 1 is 0.524 bits per heavy atom. The van der Waals surface area contributed by atoms with Crippen LogP contribution < -0.4 is 5.32 Å². The van der Waals surface area contributed by atoms with E-state index in [-0.39, 0.29) is 5.37 Å². The highest BCUT2D eigenvalue weighted by atomic mass is 32.2. The van der Waals surface area contributed by atoms with Crippen molar-refractivity contribution in [2.45, 2.75) is 10.3 Å². The number of benzene rings is 7. The summed E-state index contributed by atoms with van der Waals surface area (Å²) < 4.78 is 2.37. The molecule has 0 bridgehead atoms. The minimum absolute atomic E-state index is 0.228. The van der Waals surface area contributed by atoms with Crippen LogP contribution in [0.25, 0.3) is 60.2 Å². The van der Waals surface area contributed by atoms with Gasteiger partial charge in [-0.2, -0.15) is 0 Å². The summed E-state index contributed by atoms with van der Waals surface area (Å²) in [6.45, 7) is 0. The van der Waals surface area contributed by atoms with Crippen LogP contribution in [0.3, 0.4) is 0 Å². The van der Waals surface area contributed by atoms with E-state index >= 15 is 0 Å². The second-order valence-corrected chi connectivity index (χ2v) is 12.1. The molecule has 1 N–H and O–H groups in total. The predicted molar refractivity (Wildman–Crippen MR) is 180 cm³/mol. The van der Waals surface area contributed by atoms with Gasteiger partial charge in [0.15, 0.2) is 0 Å². The standard InChI is InChI=1S/C39H26N2S/c1-3-9-26(10-4-1)39-40-34-21-18-25-15-16-29-23-27(17-20-31(29)37(25)38(34)42-39)28-19-22-36-33(24-28)32-13-7-8-14-35(32)41(36)30-11-5-2-6-12-30/h1-24,39-40H. The summed E-state index contributed by atoms with van der Waals surface area (Å²) in [6, 6.07) is 53.0. The average Bonchev–Trinajstić information content (AvgIpc) is 3.64. The van der Waals surface area contributed by atoms with Crippen LogP contribution in [0.15, 0.2) is 150 Å². The maximum Gasteiger partial charge on any atom is 0.103 e. The molecule has 0 saturated carbocycles. The minimum atomic E-state index is 0.228. The predicted octanol–water partition coefficient (Wildman–Crippen LogP) is 11.0. The quantitative estimate of drug-likeness (QED) is 0.219. The number of aromatic nitrogens is 1. The summed E-state index contributed by atoms with van der Waals surface area (Å²) in [6.07, 6.45) is 0. The van der Waals surface area contributed by atoms with E-state index in [1.807, 2.05) is 11.8 Å². The highest BCUT2D eigenvalue weighted by Crippen LogP contribution is 2.51. The van der Waals surface area contributed by atoms with E-state index in [4.69, 9.17) is 0 Å². The van der Waals surface area contributed by atoms with E-state index in [0.29, 0.717) is 0 Å². The Bertz CT molecular complexity index is 2300.